The van der Waals surface area contributed by atoms with E-state index in [-0.39, 0.29) is 18.5 Å². The predicted octanol–water partition coefficient (Wildman–Crippen LogP) is 2.75. The summed E-state index contributed by atoms with van der Waals surface area (Å²) in [6, 6.07) is 15.8. The molecule has 0 heterocycles. The third-order valence-electron chi connectivity index (χ3n) is 5.05. The van der Waals surface area contributed by atoms with Crippen LogP contribution in [0.3, 0.4) is 0 Å². The number of hydrogen-bond acceptors (Lipinski definition) is 4. The second-order valence-corrected chi connectivity index (χ2v) is 10.2. The topological polar surface area (TPSA) is 86.8 Å². The Balaban J connectivity index is 2.30. The van der Waals surface area contributed by atoms with Crippen molar-refractivity contribution in [3.8, 4) is 0 Å². The number of aryl methyl sites for hydroxylation is 1. The molecule has 2 rings (SSSR count). The summed E-state index contributed by atoms with van der Waals surface area (Å²) in [7, 11) is -3.71. The number of sulfonamides is 1. The van der Waals surface area contributed by atoms with Crippen LogP contribution in [0.1, 0.15) is 31.9 Å². The van der Waals surface area contributed by atoms with E-state index in [2.05, 4.69) is 5.32 Å². The maximum absolute atomic E-state index is 13.4. The van der Waals surface area contributed by atoms with Crippen molar-refractivity contribution >= 4 is 27.5 Å². The third kappa shape index (κ3) is 7.37. The van der Waals surface area contributed by atoms with E-state index >= 15 is 0 Å². The van der Waals surface area contributed by atoms with Gasteiger partial charge >= 0.3 is 0 Å². The van der Waals surface area contributed by atoms with Gasteiger partial charge in [0.05, 0.1) is 11.9 Å². The van der Waals surface area contributed by atoms with Gasteiger partial charge in [-0.05, 0) is 57.4 Å². The quantitative estimate of drug-likeness (QED) is 0.592. The van der Waals surface area contributed by atoms with Crippen LogP contribution in [-0.4, -0.2) is 56.6 Å². The number of benzene rings is 2. The minimum absolute atomic E-state index is 0.0733. The lowest BCUT2D eigenvalue weighted by atomic mass is 10.1. The molecule has 2 aromatic rings. The number of carbonyl (C=O) groups is 2. The first-order valence-electron chi connectivity index (χ1n) is 10.7. The number of anilines is 1. The van der Waals surface area contributed by atoms with E-state index < -0.39 is 22.0 Å². The summed E-state index contributed by atoms with van der Waals surface area (Å²) in [4.78, 5) is 27.5. The van der Waals surface area contributed by atoms with Crippen LogP contribution >= 0.6 is 0 Å². The summed E-state index contributed by atoms with van der Waals surface area (Å²) < 4.78 is 26.1. The van der Waals surface area contributed by atoms with Crippen LogP contribution in [-0.2, 0) is 26.0 Å². The molecule has 32 heavy (non-hydrogen) atoms. The lowest BCUT2D eigenvalue weighted by Crippen LogP contribution is -2.53. The second-order valence-electron chi connectivity index (χ2n) is 8.27. The van der Waals surface area contributed by atoms with E-state index in [1.807, 2.05) is 57.2 Å². The van der Waals surface area contributed by atoms with E-state index in [0.717, 1.165) is 21.7 Å². The largest absolute Gasteiger partial charge is 0.352 e. The van der Waals surface area contributed by atoms with Crippen molar-refractivity contribution in [2.45, 2.75) is 46.2 Å². The molecule has 2 aromatic carbocycles. The van der Waals surface area contributed by atoms with Gasteiger partial charge in [-0.1, -0.05) is 42.5 Å². The number of nitrogens with one attached hydrogen (secondary N) is 1. The highest BCUT2D eigenvalue weighted by Gasteiger charge is 2.29. The third-order valence-corrected chi connectivity index (χ3v) is 6.19. The molecule has 0 saturated carbocycles. The van der Waals surface area contributed by atoms with Gasteiger partial charge in [-0.3, -0.25) is 13.9 Å². The van der Waals surface area contributed by atoms with Crippen LogP contribution in [0.4, 0.5) is 5.69 Å². The molecule has 1 unspecified atom stereocenters. The second kappa shape index (κ2) is 11.1. The molecule has 7 nitrogen and oxygen atoms in total. The van der Waals surface area contributed by atoms with Crippen molar-refractivity contribution in [2.24, 2.45) is 0 Å². The summed E-state index contributed by atoms with van der Waals surface area (Å²) in [6.45, 7) is 7.14. The summed E-state index contributed by atoms with van der Waals surface area (Å²) in [5.41, 5.74) is 2.33. The Hall–Kier alpha value is -2.87. The molecule has 0 bridgehead atoms. The lowest BCUT2D eigenvalue weighted by Gasteiger charge is -2.32. The van der Waals surface area contributed by atoms with Gasteiger partial charge in [-0.15, -0.1) is 0 Å². The van der Waals surface area contributed by atoms with Gasteiger partial charge in [0.25, 0.3) is 0 Å². The predicted molar refractivity (Wildman–Crippen MR) is 128 cm³/mol. The smallest absolute Gasteiger partial charge is 0.244 e. The molecule has 174 valence electrons. The minimum Gasteiger partial charge on any atom is -0.352 e. The highest BCUT2D eigenvalue weighted by Crippen LogP contribution is 2.19. The van der Waals surface area contributed by atoms with E-state index in [9.17, 15) is 18.0 Å². The maximum Gasteiger partial charge on any atom is 0.244 e. The lowest BCUT2D eigenvalue weighted by molar-refractivity contribution is -0.139. The molecule has 0 fully saturated rings. The first-order valence-corrected chi connectivity index (χ1v) is 12.5. The fourth-order valence-electron chi connectivity index (χ4n) is 3.37. The first-order chi connectivity index (χ1) is 15.0. The van der Waals surface area contributed by atoms with Crippen molar-refractivity contribution in [3.63, 3.8) is 0 Å². The van der Waals surface area contributed by atoms with Crippen LogP contribution in [0.2, 0.25) is 0 Å². The molecule has 0 radical (unpaired) electrons. The van der Waals surface area contributed by atoms with Crippen LogP contribution in [0.5, 0.6) is 0 Å². The molecule has 8 heteroatoms. The zero-order chi connectivity index (χ0) is 23.9. The highest BCUT2D eigenvalue weighted by molar-refractivity contribution is 7.92. The van der Waals surface area contributed by atoms with Crippen LogP contribution in [0.25, 0.3) is 0 Å². The van der Waals surface area contributed by atoms with Crippen molar-refractivity contribution in [1.29, 1.82) is 0 Å². The molecule has 0 aliphatic carbocycles. The van der Waals surface area contributed by atoms with Crippen molar-refractivity contribution < 1.29 is 18.0 Å². The van der Waals surface area contributed by atoms with E-state index in [1.165, 1.54) is 4.90 Å². The van der Waals surface area contributed by atoms with Gasteiger partial charge < -0.3 is 10.2 Å². The zero-order valence-corrected chi connectivity index (χ0v) is 20.2. The fourth-order valence-corrected chi connectivity index (χ4v) is 4.21. The molecular formula is C24H33N3O4S. The summed E-state index contributed by atoms with van der Waals surface area (Å²) in [5.74, 6) is -0.706. The zero-order valence-electron chi connectivity index (χ0n) is 19.4. The van der Waals surface area contributed by atoms with Gasteiger partial charge in [0, 0.05) is 12.6 Å². The first kappa shape index (κ1) is 25.4. The summed E-state index contributed by atoms with van der Waals surface area (Å²) in [5, 5.41) is 2.83. The summed E-state index contributed by atoms with van der Waals surface area (Å²) in [6.07, 6.45) is 1.63. The molecule has 2 amide bonds. The fraction of sp³-hybridized carbons (Fsp3) is 0.417. The minimum atomic E-state index is -3.71. The standard InChI is InChI=1S/C24H33N3O4S/c1-18(2)25-24(29)20(4)26(15-14-21-11-7-6-8-12-21)23(28)17-27(32(5,30)31)22-13-9-10-19(3)16-22/h6-13,16,18,20H,14-15,17H2,1-5H3,(H,25,29). The molecule has 1 N–H and O–H groups in total. The monoisotopic (exact) mass is 459 g/mol. The molecule has 0 aromatic heterocycles. The Labute approximate surface area is 191 Å². The van der Waals surface area contributed by atoms with Crippen LogP contribution in [0, 0.1) is 6.92 Å². The van der Waals surface area contributed by atoms with Crippen LogP contribution < -0.4 is 9.62 Å². The maximum atomic E-state index is 13.4. The van der Waals surface area contributed by atoms with Gasteiger partial charge in [-0.25, -0.2) is 8.42 Å². The number of nitrogens with zero attached hydrogens (tertiary/aromatic N) is 2. The molecule has 0 saturated heterocycles. The Morgan fingerprint density at radius 3 is 2.22 bits per heavy atom. The summed E-state index contributed by atoms with van der Waals surface area (Å²) >= 11 is 0. The van der Waals surface area contributed by atoms with Gasteiger partial charge in [0.2, 0.25) is 21.8 Å². The van der Waals surface area contributed by atoms with Crippen molar-refractivity contribution in [3.05, 3.63) is 65.7 Å². The number of amides is 2. The van der Waals surface area contributed by atoms with Gasteiger partial charge in [-0.2, -0.15) is 0 Å². The van der Waals surface area contributed by atoms with Gasteiger partial charge in [0.1, 0.15) is 12.6 Å². The Kier molecular flexibility index (Phi) is 8.83. The van der Waals surface area contributed by atoms with Crippen molar-refractivity contribution in [2.75, 3.05) is 23.7 Å². The Morgan fingerprint density at radius 2 is 1.66 bits per heavy atom. The number of hydrogen-bond donors (Lipinski definition) is 1. The molecule has 0 aliphatic heterocycles. The van der Waals surface area contributed by atoms with E-state index in [0.29, 0.717) is 18.7 Å². The Bertz CT molecular complexity index is 1020. The Morgan fingerprint density at radius 1 is 1.00 bits per heavy atom. The van der Waals surface area contributed by atoms with Crippen LogP contribution in [0.15, 0.2) is 54.6 Å². The SMILES string of the molecule is Cc1cccc(N(CC(=O)N(CCc2ccccc2)C(C)C(=O)NC(C)C)S(C)(=O)=O)c1. The average Bonchev–Trinajstić information content (AvgIpc) is 2.71. The average molecular weight is 460 g/mol. The molecule has 1 atom stereocenters. The van der Waals surface area contributed by atoms with E-state index in [4.69, 9.17) is 0 Å². The normalized spacial score (nSPS) is 12.3. The van der Waals surface area contributed by atoms with Crippen molar-refractivity contribution in [1.82, 2.24) is 10.2 Å². The highest BCUT2D eigenvalue weighted by atomic mass is 32.2. The van der Waals surface area contributed by atoms with E-state index in [1.54, 1.807) is 25.1 Å². The molecule has 0 spiro atoms. The number of rotatable bonds is 10. The molecule has 0 aliphatic rings. The molecular weight excluding hydrogens is 426 g/mol. The number of carbonyl (C=O) groups excluding carboxylic acids is 2. The van der Waals surface area contributed by atoms with Gasteiger partial charge in [0.15, 0.2) is 0 Å².